The Morgan fingerprint density at radius 3 is 2.29 bits per heavy atom. The van der Waals surface area contributed by atoms with Gasteiger partial charge in [-0.1, -0.05) is 77.5 Å². The molecule has 7 nitrogen and oxygen atoms in total. The van der Waals surface area contributed by atoms with E-state index in [1.165, 1.54) is 10.6 Å². The highest BCUT2D eigenvalue weighted by molar-refractivity contribution is 9.10. The van der Waals surface area contributed by atoms with Crippen molar-refractivity contribution in [2.75, 3.05) is 17.1 Å². The Labute approximate surface area is 259 Å². The second-order valence-corrected chi connectivity index (χ2v) is 13.7. The molecule has 2 atom stereocenters. The molecule has 2 amide bonds. The Morgan fingerprint density at radius 1 is 0.952 bits per heavy atom. The number of aryl methyl sites for hydroxylation is 2. The third kappa shape index (κ3) is 9.70. The number of carbonyl (C=O) groups is 2. The van der Waals surface area contributed by atoms with Crippen molar-refractivity contribution in [1.82, 2.24) is 10.2 Å². The molecule has 0 saturated carbocycles. The molecule has 0 heterocycles. The number of nitrogens with one attached hydrogen (secondary N) is 1. The van der Waals surface area contributed by atoms with Crippen molar-refractivity contribution in [3.63, 3.8) is 0 Å². The van der Waals surface area contributed by atoms with Crippen LogP contribution in [-0.4, -0.2) is 50.0 Å². The van der Waals surface area contributed by atoms with E-state index in [0.717, 1.165) is 33.1 Å². The van der Waals surface area contributed by atoms with Gasteiger partial charge in [-0.2, -0.15) is 0 Å². The first-order valence-electron chi connectivity index (χ1n) is 14.3. The molecule has 42 heavy (non-hydrogen) atoms. The first kappa shape index (κ1) is 33.3. The van der Waals surface area contributed by atoms with Gasteiger partial charge in [0.05, 0.1) is 11.9 Å². The van der Waals surface area contributed by atoms with Crippen LogP contribution >= 0.6 is 15.9 Å². The van der Waals surface area contributed by atoms with E-state index in [4.69, 9.17) is 0 Å². The van der Waals surface area contributed by atoms with Gasteiger partial charge in [0.25, 0.3) is 0 Å². The predicted molar refractivity (Wildman–Crippen MR) is 174 cm³/mol. The van der Waals surface area contributed by atoms with E-state index in [1.807, 2.05) is 100 Å². The van der Waals surface area contributed by atoms with Crippen molar-refractivity contribution in [2.45, 2.75) is 72.0 Å². The molecule has 226 valence electrons. The summed E-state index contributed by atoms with van der Waals surface area (Å²) in [6, 6.07) is 22.3. The van der Waals surface area contributed by atoms with Crippen LogP contribution in [0.1, 0.15) is 55.4 Å². The Morgan fingerprint density at radius 2 is 1.64 bits per heavy atom. The van der Waals surface area contributed by atoms with Crippen LogP contribution in [0.5, 0.6) is 0 Å². The molecule has 0 bridgehead atoms. The van der Waals surface area contributed by atoms with E-state index in [0.29, 0.717) is 18.5 Å². The number of nitrogens with zero attached hydrogens (tertiary/aromatic N) is 2. The number of benzene rings is 3. The maximum atomic E-state index is 14.0. The quantitative estimate of drug-likeness (QED) is 0.225. The molecule has 0 aromatic heterocycles. The fourth-order valence-electron chi connectivity index (χ4n) is 4.80. The molecule has 0 aliphatic carbocycles. The average molecular weight is 657 g/mol. The van der Waals surface area contributed by atoms with Crippen molar-refractivity contribution in [3.8, 4) is 0 Å². The molecule has 0 aliphatic rings. The van der Waals surface area contributed by atoms with Gasteiger partial charge in [0, 0.05) is 36.4 Å². The highest BCUT2D eigenvalue weighted by atomic mass is 79.9. The number of amides is 2. The fourth-order valence-corrected chi connectivity index (χ4v) is 6.26. The molecule has 0 spiro atoms. The minimum absolute atomic E-state index is 0.0421. The van der Waals surface area contributed by atoms with Crippen molar-refractivity contribution in [3.05, 3.63) is 99.5 Å². The Hall–Kier alpha value is -3.17. The number of halogens is 1. The van der Waals surface area contributed by atoms with Gasteiger partial charge < -0.3 is 10.2 Å². The third-order valence-corrected chi connectivity index (χ3v) is 8.97. The van der Waals surface area contributed by atoms with Gasteiger partial charge in [0.1, 0.15) is 6.04 Å². The zero-order chi connectivity index (χ0) is 30.9. The zero-order valence-corrected chi connectivity index (χ0v) is 27.5. The normalized spacial score (nSPS) is 12.8. The summed E-state index contributed by atoms with van der Waals surface area (Å²) in [7, 11) is -3.58. The highest BCUT2D eigenvalue weighted by Crippen LogP contribution is 2.25. The Bertz CT molecular complexity index is 1460. The SMILES string of the molecule is CC[C@H](C)NC(=O)[C@@H](Cc1ccccc1)N(Cc1cccc(Br)c1)C(=O)CCCN(c1cc(C)ccc1C)S(C)(=O)=O. The van der Waals surface area contributed by atoms with Gasteiger partial charge in [0.15, 0.2) is 0 Å². The van der Waals surface area contributed by atoms with Gasteiger partial charge in [-0.05, 0) is 74.1 Å². The van der Waals surface area contributed by atoms with Gasteiger partial charge in [-0.15, -0.1) is 0 Å². The van der Waals surface area contributed by atoms with Crippen LogP contribution in [0.3, 0.4) is 0 Å². The smallest absolute Gasteiger partial charge is 0.243 e. The molecule has 3 rings (SSSR count). The van der Waals surface area contributed by atoms with Crippen molar-refractivity contribution >= 4 is 43.5 Å². The molecular formula is C33H42BrN3O4S. The zero-order valence-electron chi connectivity index (χ0n) is 25.1. The van der Waals surface area contributed by atoms with E-state index >= 15 is 0 Å². The molecule has 1 N–H and O–H groups in total. The van der Waals surface area contributed by atoms with Crippen LogP contribution in [0.15, 0.2) is 77.3 Å². The Balaban J connectivity index is 1.91. The highest BCUT2D eigenvalue weighted by Gasteiger charge is 2.31. The molecule has 0 unspecified atom stereocenters. The van der Waals surface area contributed by atoms with Crippen LogP contribution in [0, 0.1) is 13.8 Å². The summed E-state index contributed by atoms with van der Waals surface area (Å²) >= 11 is 3.52. The van der Waals surface area contributed by atoms with E-state index in [9.17, 15) is 18.0 Å². The van der Waals surface area contributed by atoms with E-state index in [2.05, 4.69) is 21.2 Å². The largest absolute Gasteiger partial charge is 0.352 e. The van der Waals surface area contributed by atoms with Gasteiger partial charge in [-0.25, -0.2) is 8.42 Å². The van der Waals surface area contributed by atoms with E-state index in [-0.39, 0.29) is 37.4 Å². The second kappa shape index (κ2) is 15.3. The lowest BCUT2D eigenvalue weighted by atomic mass is 10.0. The standard InChI is InChI=1S/C33H42BrN3O4S/c1-6-26(4)35-33(39)31(22-27-12-8-7-9-13-27)36(23-28-14-10-15-29(34)21-28)32(38)16-11-19-37(42(5,40)41)30-20-24(2)17-18-25(30)3/h7-10,12-15,17-18,20-21,26,31H,6,11,16,19,22-23H2,1-5H3,(H,35,39)/t26-,31+/m0/s1. The second-order valence-electron chi connectivity index (χ2n) is 10.9. The van der Waals surface area contributed by atoms with Gasteiger partial charge >= 0.3 is 0 Å². The lowest BCUT2D eigenvalue weighted by Gasteiger charge is -2.33. The summed E-state index contributed by atoms with van der Waals surface area (Å²) in [5, 5.41) is 3.08. The minimum Gasteiger partial charge on any atom is -0.352 e. The van der Waals surface area contributed by atoms with Crippen LogP contribution in [0.25, 0.3) is 0 Å². The lowest BCUT2D eigenvalue weighted by Crippen LogP contribution is -2.52. The Kier molecular flexibility index (Phi) is 12.2. The van der Waals surface area contributed by atoms with Crippen molar-refractivity contribution in [2.24, 2.45) is 0 Å². The van der Waals surface area contributed by atoms with Gasteiger partial charge in [0.2, 0.25) is 21.8 Å². The monoisotopic (exact) mass is 655 g/mol. The van der Waals surface area contributed by atoms with Crippen molar-refractivity contribution in [1.29, 1.82) is 0 Å². The topological polar surface area (TPSA) is 86.8 Å². The number of rotatable bonds is 14. The number of hydrogen-bond donors (Lipinski definition) is 1. The molecule has 9 heteroatoms. The van der Waals surface area contributed by atoms with Gasteiger partial charge in [-0.3, -0.25) is 13.9 Å². The molecular weight excluding hydrogens is 614 g/mol. The first-order chi connectivity index (χ1) is 19.9. The van der Waals surface area contributed by atoms with Crippen LogP contribution in [0.4, 0.5) is 5.69 Å². The van der Waals surface area contributed by atoms with Crippen LogP contribution in [0.2, 0.25) is 0 Å². The van der Waals surface area contributed by atoms with Crippen LogP contribution in [-0.2, 0) is 32.6 Å². The molecule has 0 fully saturated rings. The molecule has 3 aromatic rings. The van der Waals surface area contributed by atoms with E-state index in [1.54, 1.807) is 4.90 Å². The number of carbonyl (C=O) groups excluding carboxylic acids is 2. The van der Waals surface area contributed by atoms with Crippen molar-refractivity contribution < 1.29 is 18.0 Å². The molecule has 0 saturated heterocycles. The summed E-state index contributed by atoms with van der Waals surface area (Å²) in [5.41, 5.74) is 4.26. The maximum absolute atomic E-state index is 14.0. The maximum Gasteiger partial charge on any atom is 0.243 e. The summed E-state index contributed by atoms with van der Waals surface area (Å²) < 4.78 is 27.8. The summed E-state index contributed by atoms with van der Waals surface area (Å²) in [5.74, 6) is -0.408. The third-order valence-electron chi connectivity index (χ3n) is 7.30. The summed E-state index contributed by atoms with van der Waals surface area (Å²) in [6.07, 6.45) is 2.71. The summed E-state index contributed by atoms with van der Waals surface area (Å²) in [4.78, 5) is 29.3. The molecule has 3 aromatic carbocycles. The summed E-state index contributed by atoms with van der Waals surface area (Å²) in [6.45, 7) is 8.15. The predicted octanol–water partition coefficient (Wildman–Crippen LogP) is 6.17. The lowest BCUT2D eigenvalue weighted by molar-refractivity contribution is -0.141. The van der Waals surface area contributed by atoms with E-state index < -0.39 is 16.1 Å². The molecule has 0 radical (unpaired) electrons. The number of sulfonamides is 1. The van der Waals surface area contributed by atoms with Crippen LogP contribution < -0.4 is 9.62 Å². The first-order valence-corrected chi connectivity index (χ1v) is 17.0. The average Bonchev–Trinajstić information content (AvgIpc) is 2.94. The number of hydrogen-bond acceptors (Lipinski definition) is 4. The fraction of sp³-hybridized carbons (Fsp3) is 0.394. The minimum atomic E-state index is -3.58. The number of anilines is 1. The molecule has 0 aliphatic heterocycles.